The van der Waals surface area contributed by atoms with Crippen molar-refractivity contribution in [2.75, 3.05) is 10.3 Å². The standard InChI is InChI=1S/C24H32N6O3S/c1-24(2,3)34(32,33)27-20-15-11-18(12-16-20)23(31)25-19-13-9-17(10-14-19)22-26-28-29-30(22)21-7-5-4-6-8-21/h4-10,13-14,18,20,27-29H,11-12,15-16H2,1-3H3,(H,25,31)/t18-,20-. The van der Waals surface area contributed by atoms with E-state index in [-0.39, 0.29) is 17.9 Å². The molecule has 1 heterocycles. The quantitative estimate of drug-likeness (QED) is 0.501. The van der Waals surface area contributed by atoms with Gasteiger partial charge in [0.1, 0.15) is 0 Å². The molecule has 1 saturated carbocycles. The largest absolute Gasteiger partial charge is 0.326 e. The first kappa shape index (κ1) is 24.2. The van der Waals surface area contributed by atoms with Crippen molar-refractivity contribution < 1.29 is 13.2 Å². The second-order valence-corrected chi connectivity index (χ2v) is 12.1. The first-order valence-electron chi connectivity index (χ1n) is 11.5. The third-order valence-corrected chi connectivity index (χ3v) is 8.44. The van der Waals surface area contributed by atoms with Gasteiger partial charge in [0.25, 0.3) is 0 Å². The molecule has 1 amide bonds. The second-order valence-electron chi connectivity index (χ2n) is 9.68. The Labute approximate surface area is 201 Å². The Morgan fingerprint density at radius 1 is 1.00 bits per heavy atom. The maximum absolute atomic E-state index is 12.8. The molecular weight excluding hydrogens is 452 g/mol. The fraction of sp³-hybridized carbons (Fsp3) is 0.417. The Morgan fingerprint density at radius 2 is 1.65 bits per heavy atom. The maximum Gasteiger partial charge on any atom is 0.227 e. The molecule has 4 rings (SSSR count). The van der Waals surface area contributed by atoms with Gasteiger partial charge in [0.05, 0.1) is 10.4 Å². The van der Waals surface area contributed by atoms with Crippen molar-refractivity contribution >= 4 is 33.1 Å². The predicted octanol–water partition coefficient (Wildman–Crippen LogP) is 3.09. The van der Waals surface area contributed by atoms with E-state index in [1.807, 2.05) is 59.6 Å². The van der Waals surface area contributed by atoms with Gasteiger partial charge in [-0.2, -0.15) is 0 Å². The number of nitrogens with one attached hydrogen (secondary N) is 4. The number of anilines is 2. The van der Waals surface area contributed by atoms with E-state index in [1.165, 1.54) is 0 Å². The number of para-hydroxylation sites is 1. The highest BCUT2D eigenvalue weighted by Crippen LogP contribution is 2.28. The highest BCUT2D eigenvalue weighted by atomic mass is 32.2. The molecule has 0 spiro atoms. The van der Waals surface area contributed by atoms with E-state index in [0.717, 1.165) is 22.8 Å². The molecule has 2 aromatic rings. The molecule has 0 radical (unpaired) electrons. The number of benzene rings is 2. The summed E-state index contributed by atoms with van der Waals surface area (Å²) < 4.78 is 26.7. The van der Waals surface area contributed by atoms with Crippen LogP contribution in [0.25, 0.3) is 0 Å². The van der Waals surface area contributed by atoms with E-state index in [0.29, 0.717) is 25.7 Å². The lowest BCUT2D eigenvalue weighted by molar-refractivity contribution is -0.120. The first-order valence-corrected chi connectivity index (χ1v) is 13.0. The van der Waals surface area contributed by atoms with Gasteiger partial charge in [-0.25, -0.2) is 23.7 Å². The van der Waals surface area contributed by atoms with Gasteiger partial charge < -0.3 is 5.32 Å². The Hall–Kier alpha value is -2.95. The van der Waals surface area contributed by atoms with Crippen LogP contribution in [-0.4, -0.2) is 30.9 Å². The number of hydrazine groups is 2. The van der Waals surface area contributed by atoms with Crippen LogP contribution in [0.3, 0.4) is 0 Å². The molecule has 0 atom stereocenters. The van der Waals surface area contributed by atoms with Gasteiger partial charge in [-0.1, -0.05) is 18.2 Å². The summed E-state index contributed by atoms with van der Waals surface area (Å²) in [5.74, 6) is 0.564. The van der Waals surface area contributed by atoms with Gasteiger partial charge in [0.15, 0.2) is 5.84 Å². The van der Waals surface area contributed by atoms with Crippen LogP contribution >= 0.6 is 0 Å². The highest BCUT2D eigenvalue weighted by molar-refractivity contribution is 7.90. The number of nitrogens with zero attached hydrogens (tertiary/aromatic N) is 2. The van der Waals surface area contributed by atoms with Crippen molar-refractivity contribution in [3.05, 3.63) is 60.2 Å². The van der Waals surface area contributed by atoms with Crippen LogP contribution in [0.2, 0.25) is 0 Å². The number of amides is 1. The van der Waals surface area contributed by atoms with Crippen molar-refractivity contribution in [1.82, 2.24) is 15.8 Å². The van der Waals surface area contributed by atoms with E-state index in [4.69, 9.17) is 0 Å². The molecule has 10 heteroatoms. The van der Waals surface area contributed by atoms with Crippen LogP contribution in [-0.2, 0) is 14.8 Å². The summed E-state index contributed by atoms with van der Waals surface area (Å²) in [6.45, 7) is 5.06. The lowest BCUT2D eigenvalue weighted by atomic mass is 9.86. The summed E-state index contributed by atoms with van der Waals surface area (Å²) in [6, 6.07) is 17.3. The Kier molecular flexibility index (Phi) is 6.92. The summed E-state index contributed by atoms with van der Waals surface area (Å²) in [4.78, 5) is 12.8. The number of hydrogen-bond acceptors (Lipinski definition) is 7. The van der Waals surface area contributed by atoms with Crippen LogP contribution in [0, 0.1) is 5.92 Å². The lowest BCUT2D eigenvalue weighted by Gasteiger charge is -2.30. The number of hydrazone groups is 1. The van der Waals surface area contributed by atoms with E-state index >= 15 is 0 Å². The molecule has 4 N–H and O–H groups in total. The monoisotopic (exact) mass is 484 g/mol. The van der Waals surface area contributed by atoms with Crippen molar-refractivity contribution in [2.45, 2.75) is 57.2 Å². The number of hydrogen-bond donors (Lipinski definition) is 4. The lowest BCUT2D eigenvalue weighted by Crippen LogP contribution is -2.46. The summed E-state index contributed by atoms with van der Waals surface area (Å²) in [7, 11) is -3.39. The average molecular weight is 485 g/mol. The molecule has 2 aliphatic rings. The van der Waals surface area contributed by atoms with E-state index in [9.17, 15) is 13.2 Å². The Balaban J connectivity index is 1.32. The molecule has 1 aliphatic heterocycles. The molecule has 0 aromatic heterocycles. The van der Waals surface area contributed by atoms with E-state index in [2.05, 4.69) is 26.2 Å². The Bertz CT molecular complexity index is 1140. The summed E-state index contributed by atoms with van der Waals surface area (Å²) in [5.41, 5.74) is 8.35. The topological polar surface area (TPSA) is 115 Å². The average Bonchev–Trinajstić information content (AvgIpc) is 3.30. The number of amidine groups is 1. The van der Waals surface area contributed by atoms with E-state index < -0.39 is 14.8 Å². The predicted molar refractivity (Wildman–Crippen MR) is 134 cm³/mol. The van der Waals surface area contributed by atoms with Gasteiger partial charge in [0.2, 0.25) is 15.9 Å². The van der Waals surface area contributed by atoms with Crippen LogP contribution in [0.5, 0.6) is 0 Å². The van der Waals surface area contributed by atoms with Crippen molar-refractivity contribution in [3.8, 4) is 0 Å². The number of rotatable bonds is 6. The van der Waals surface area contributed by atoms with Crippen LogP contribution in [0.4, 0.5) is 11.4 Å². The van der Waals surface area contributed by atoms with E-state index in [1.54, 1.807) is 20.8 Å². The molecule has 0 saturated heterocycles. The fourth-order valence-corrected chi connectivity index (χ4v) is 5.03. The molecule has 0 bridgehead atoms. The summed E-state index contributed by atoms with van der Waals surface area (Å²) >= 11 is 0. The molecule has 1 aliphatic carbocycles. The van der Waals surface area contributed by atoms with Gasteiger partial charge in [-0.15, -0.1) is 10.6 Å². The number of carbonyl (C=O) groups is 1. The maximum atomic E-state index is 12.8. The van der Waals surface area contributed by atoms with Crippen molar-refractivity contribution in [2.24, 2.45) is 11.0 Å². The van der Waals surface area contributed by atoms with Crippen LogP contribution < -0.4 is 26.1 Å². The third kappa shape index (κ3) is 5.40. The minimum absolute atomic E-state index is 0.0302. The molecule has 9 nitrogen and oxygen atoms in total. The SMILES string of the molecule is CC(C)(C)S(=O)(=O)N[C@H]1CC[C@H](C(=O)Nc2ccc(C3=NNNN3c3ccccc3)cc2)CC1. The summed E-state index contributed by atoms with van der Waals surface area (Å²) in [6.07, 6.45) is 2.62. The minimum Gasteiger partial charge on any atom is -0.326 e. The first-order chi connectivity index (χ1) is 16.1. The van der Waals surface area contributed by atoms with Gasteiger partial charge in [-0.05, 0) is 82.9 Å². The zero-order valence-electron chi connectivity index (χ0n) is 19.7. The minimum atomic E-state index is -3.39. The molecule has 182 valence electrons. The third-order valence-electron chi connectivity index (χ3n) is 6.19. The second kappa shape index (κ2) is 9.73. The van der Waals surface area contributed by atoms with Crippen molar-refractivity contribution in [1.29, 1.82) is 0 Å². The smallest absolute Gasteiger partial charge is 0.227 e. The van der Waals surface area contributed by atoms with Gasteiger partial charge in [-0.3, -0.25) is 4.79 Å². The normalized spacial score (nSPS) is 21.0. The van der Waals surface area contributed by atoms with Gasteiger partial charge >= 0.3 is 0 Å². The number of sulfonamides is 1. The van der Waals surface area contributed by atoms with Crippen LogP contribution in [0.1, 0.15) is 52.0 Å². The van der Waals surface area contributed by atoms with Crippen molar-refractivity contribution in [3.63, 3.8) is 0 Å². The molecule has 0 unspecified atom stereocenters. The molecule has 1 fully saturated rings. The summed E-state index contributed by atoms with van der Waals surface area (Å²) in [5, 5.41) is 9.17. The Morgan fingerprint density at radius 3 is 2.26 bits per heavy atom. The number of carbonyl (C=O) groups excluding carboxylic acids is 1. The fourth-order valence-electron chi connectivity index (χ4n) is 4.01. The zero-order chi connectivity index (χ0) is 24.3. The van der Waals surface area contributed by atoms with Gasteiger partial charge in [0, 0.05) is 23.2 Å². The molecule has 34 heavy (non-hydrogen) atoms. The zero-order valence-corrected chi connectivity index (χ0v) is 20.5. The van der Waals surface area contributed by atoms with Crippen LogP contribution in [0.15, 0.2) is 59.7 Å². The molecule has 2 aromatic carbocycles. The molecular formula is C24H32N6O3S. The highest BCUT2D eigenvalue weighted by Gasteiger charge is 2.34.